The number of nitrogens with one attached hydrogen (secondary N) is 1. The van der Waals surface area contributed by atoms with Gasteiger partial charge in [0.15, 0.2) is 5.17 Å². The summed E-state index contributed by atoms with van der Waals surface area (Å²) in [5, 5.41) is 4.32. The minimum atomic E-state index is 0.0207. The van der Waals surface area contributed by atoms with Crippen LogP contribution in [0.4, 0.5) is 5.69 Å². The highest BCUT2D eigenvalue weighted by Crippen LogP contribution is 2.31. The quantitative estimate of drug-likeness (QED) is 0.885. The minimum absolute atomic E-state index is 0.0207. The largest absolute Gasteiger partial charge is 0.495 e. The van der Waals surface area contributed by atoms with Gasteiger partial charge in [-0.15, -0.1) is 0 Å². The van der Waals surface area contributed by atoms with Crippen LogP contribution < -0.4 is 10.1 Å². The molecule has 1 aliphatic heterocycles. The van der Waals surface area contributed by atoms with E-state index in [1.807, 2.05) is 18.2 Å². The molecule has 0 saturated heterocycles. The summed E-state index contributed by atoms with van der Waals surface area (Å²) >= 11 is 5.22. The molecular formula is C13H17BrN2OS. The molecule has 2 rings (SSSR count). The zero-order valence-electron chi connectivity index (χ0n) is 10.8. The van der Waals surface area contributed by atoms with Gasteiger partial charge < -0.3 is 10.1 Å². The molecule has 0 unspecified atom stereocenters. The van der Waals surface area contributed by atoms with Gasteiger partial charge in [0, 0.05) is 10.2 Å². The fraction of sp³-hybridized carbons (Fsp3) is 0.462. The van der Waals surface area contributed by atoms with Crippen LogP contribution in [0.1, 0.15) is 20.3 Å². The molecule has 0 fully saturated rings. The molecule has 98 valence electrons. The van der Waals surface area contributed by atoms with E-state index in [0.29, 0.717) is 0 Å². The Morgan fingerprint density at radius 1 is 1.44 bits per heavy atom. The van der Waals surface area contributed by atoms with Crippen molar-refractivity contribution in [2.24, 2.45) is 4.99 Å². The number of ether oxygens (including phenoxy) is 1. The van der Waals surface area contributed by atoms with Gasteiger partial charge in [-0.25, -0.2) is 0 Å². The van der Waals surface area contributed by atoms with E-state index in [1.54, 1.807) is 18.9 Å². The lowest BCUT2D eigenvalue weighted by molar-refractivity contribution is 0.417. The van der Waals surface area contributed by atoms with E-state index in [1.165, 1.54) is 0 Å². The highest BCUT2D eigenvalue weighted by Gasteiger charge is 2.22. The van der Waals surface area contributed by atoms with E-state index < -0.39 is 0 Å². The van der Waals surface area contributed by atoms with E-state index in [0.717, 1.165) is 33.3 Å². The summed E-state index contributed by atoms with van der Waals surface area (Å²) in [6, 6.07) is 5.90. The second kappa shape index (κ2) is 5.53. The van der Waals surface area contributed by atoms with Gasteiger partial charge >= 0.3 is 0 Å². The lowest BCUT2D eigenvalue weighted by Gasteiger charge is -2.26. The molecule has 0 atom stereocenters. The maximum atomic E-state index is 5.35. The average molecular weight is 329 g/mol. The van der Waals surface area contributed by atoms with Crippen LogP contribution >= 0.6 is 27.7 Å². The summed E-state index contributed by atoms with van der Waals surface area (Å²) in [6.07, 6.45) is 1.11. The maximum Gasteiger partial charge on any atom is 0.161 e. The highest BCUT2D eigenvalue weighted by molar-refractivity contribution is 9.10. The van der Waals surface area contributed by atoms with Gasteiger partial charge in [0.05, 0.1) is 18.3 Å². The Labute approximate surface area is 121 Å². The van der Waals surface area contributed by atoms with E-state index in [2.05, 4.69) is 35.1 Å². The van der Waals surface area contributed by atoms with Crippen molar-refractivity contribution in [1.82, 2.24) is 0 Å². The highest BCUT2D eigenvalue weighted by atomic mass is 79.9. The van der Waals surface area contributed by atoms with Gasteiger partial charge in [-0.3, -0.25) is 4.99 Å². The normalized spacial score (nSPS) is 18.1. The second-order valence-corrected chi connectivity index (χ2v) is 6.80. The molecule has 1 aromatic carbocycles. The topological polar surface area (TPSA) is 33.6 Å². The van der Waals surface area contributed by atoms with E-state index in [-0.39, 0.29) is 5.54 Å². The summed E-state index contributed by atoms with van der Waals surface area (Å²) < 4.78 is 6.37. The first-order chi connectivity index (χ1) is 8.50. The lowest BCUT2D eigenvalue weighted by atomic mass is 10.0. The SMILES string of the molecule is COc1ccc(Br)cc1NC1=NC(C)(C)CCS1. The summed E-state index contributed by atoms with van der Waals surface area (Å²) in [5.74, 6) is 1.92. The third-order valence-corrected chi connectivity index (χ3v) is 4.13. The summed E-state index contributed by atoms with van der Waals surface area (Å²) in [4.78, 5) is 4.71. The van der Waals surface area contributed by atoms with Crippen molar-refractivity contribution < 1.29 is 4.74 Å². The number of amidine groups is 1. The molecule has 0 aliphatic carbocycles. The molecular weight excluding hydrogens is 312 g/mol. The number of benzene rings is 1. The zero-order valence-corrected chi connectivity index (χ0v) is 13.2. The summed E-state index contributed by atoms with van der Waals surface area (Å²) in [5.41, 5.74) is 0.961. The van der Waals surface area contributed by atoms with Crippen LogP contribution in [0.2, 0.25) is 0 Å². The molecule has 0 saturated carbocycles. The molecule has 1 aromatic rings. The van der Waals surface area contributed by atoms with E-state index >= 15 is 0 Å². The molecule has 1 N–H and O–H groups in total. The predicted molar refractivity (Wildman–Crippen MR) is 82.9 cm³/mol. The molecule has 5 heteroatoms. The average Bonchev–Trinajstić information content (AvgIpc) is 2.28. The number of methoxy groups -OCH3 is 1. The first kappa shape index (κ1) is 13.7. The Balaban J connectivity index is 2.23. The van der Waals surface area contributed by atoms with Crippen molar-refractivity contribution in [3.8, 4) is 5.75 Å². The van der Waals surface area contributed by atoms with Gasteiger partial charge in [-0.05, 0) is 38.5 Å². The Morgan fingerprint density at radius 3 is 2.89 bits per heavy atom. The first-order valence-corrected chi connectivity index (χ1v) is 7.61. The molecule has 0 amide bonds. The van der Waals surface area contributed by atoms with Gasteiger partial charge in [-0.1, -0.05) is 27.7 Å². The molecule has 1 heterocycles. The number of hydrogen-bond acceptors (Lipinski definition) is 4. The maximum absolute atomic E-state index is 5.35. The van der Waals surface area contributed by atoms with Crippen LogP contribution in [0.5, 0.6) is 5.75 Å². The number of rotatable bonds is 2. The van der Waals surface area contributed by atoms with Crippen molar-refractivity contribution in [3.63, 3.8) is 0 Å². The van der Waals surface area contributed by atoms with Gasteiger partial charge in [-0.2, -0.15) is 0 Å². The van der Waals surface area contributed by atoms with E-state index in [9.17, 15) is 0 Å². The van der Waals surface area contributed by atoms with Crippen LogP contribution in [0.25, 0.3) is 0 Å². The smallest absolute Gasteiger partial charge is 0.161 e. The number of nitrogens with zero attached hydrogens (tertiary/aromatic N) is 1. The van der Waals surface area contributed by atoms with Crippen molar-refractivity contribution in [3.05, 3.63) is 22.7 Å². The fourth-order valence-corrected chi connectivity index (χ4v) is 3.37. The van der Waals surface area contributed by atoms with Crippen molar-refractivity contribution in [2.45, 2.75) is 25.8 Å². The van der Waals surface area contributed by atoms with Crippen molar-refractivity contribution in [1.29, 1.82) is 0 Å². The standard InChI is InChI=1S/C13H17BrN2OS/c1-13(2)6-7-18-12(16-13)15-10-8-9(14)4-5-11(10)17-3/h4-5,8H,6-7H2,1-3H3,(H,15,16). The molecule has 0 aromatic heterocycles. The summed E-state index contributed by atoms with van der Waals surface area (Å²) in [7, 11) is 1.67. The van der Waals surface area contributed by atoms with Gasteiger partial charge in [0.2, 0.25) is 0 Å². The molecule has 1 aliphatic rings. The van der Waals surface area contributed by atoms with Crippen LogP contribution in [-0.4, -0.2) is 23.6 Å². The Morgan fingerprint density at radius 2 is 2.22 bits per heavy atom. The zero-order chi connectivity index (χ0) is 13.2. The molecule has 18 heavy (non-hydrogen) atoms. The molecule has 0 bridgehead atoms. The predicted octanol–water partition coefficient (Wildman–Crippen LogP) is 4.14. The lowest BCUT2D eigenvalue weighted by Crippen LogP contribution is -2.27. The van der Waals surface area contributed by atoms with E-state index in [4.69, 9.17) is 9.73 Å². The number of anilines is 1. The van der Waals surface area contributed by atoms with Crippen molar-refractivity contribution in [2.75, 3.05) is 18.2 Å². The Bertz CT molecular complexity index is 474. The number of hydrogen-bond donors (Lipinski definition) is 1. The third-order valence-electron chi connectivity index (χ3n) is 2.76. The molecule has 0 radical (unpaired) electrons. The number of thioether (sulfide) groups is 1. The van der Waals surface area contributed by atoms with Crippen LogP contribution in [0.15, 0.2) is 27.7 Å². The van der Waals surface area contributed by atoms with Crippen molar-refractivity contribution >= 4 is 38.5 Å². The second-order valence-electron chi connectivity index (χ2n) is 4.80. The minimum Gasteiger partial charge on any atom is -0.495 e. The first-order valence-electron chi connectivity index (χ1n) is 5.83. The monoisotopic (exact) mass is 328 g/mol. The number of halogens is 1. The number of aliphatic imine (C=N–C) groups is 1. The molecule has 0 spiro atoms. The third kappa shape index (κ3) is 3.42. The van der Waals surface area contributed by atoms with Crippen LogP contribution in [0.3, 0.4) is 0 Å². The fourth-order valence-electron chi connectivity index (χ4n) is 1.72. The van der Waals surface area contributed by atoms with Crippen LogP contribution in [0, 0.1) is 0 Å². The molecule has 3 nitrogen and oxygen atoms in total. The Hall–Kier alpha value is -0.680. The van der Waals surface area contributed by atoms with Crippen LogP contribution in [-0.2, 0) is 0 Å². The Kier molecular flexibility index (Phi) is 4.22. The van der Waals surface area contributed by atoms with Gasteiger partial charge in [0.1, 0.15) is 5.75 Å². The van der Waals surface area contributed by atoms with Gasteiger partial charge in [0.25, 0.3) is 0 Å². The summed E-state index contributed by atoms with van der Waals surface area (Å²) in [6.45, 7) is 4.32.